The molecule has 1 unspecified atom stereocenters. The Morgan fingerprint density at radius 1 is 0.971 bits per heavy atom. The maximum absolute atomic E-state index is 12.5. The van der Waals surface area contributed by atoms with Gasteiger partial charge in [-0.3, -0.25) is 4.79 Å². The van der Waals surface area contributed by atoms with E-state index in [1.807, 2.05) is 62.4 Å². The van der Waals surface area contributed by atoms with Gasteiger partial charge in [0.15, 0.2) is 0 Å². The Hall–Kier alpha value is -3.12. The molecule has 2 N–H and O–H groups in total. The number of nitrogens with one attached hydrogen (secondary N) is 1. The van der Waals surface area contributed by atoms with E-state index in [0.717, 1.165) is 32.3 Å². The van der Waals surface area contributed by atoms with E-state index >= 15 is 0 Å². The van der Waals surface area contributed by atoms with Gasteiger partial charge in [-0.1, -0.05) is 90.4 Å². The summed E-state index contributed by atoms with van der Waals surface area (Å²) in [6.45, 7) is 4.23. The lowest BCUT2D eigenvalue weighted by atomic mass is 9.77. The Labute approximate surface area is 208 Å². The van der Waals surface area contributed by atoms with E-state index in [1.165, 1.54) is 0 Å². The molecule has 0 heterocycles. The van der Waals surface area contributed by atoms with Crippen LogP contribution in [-0.4, -0.2) is 30.3 Å². The summed E-state index contributed by atoms with van der Waals surface area (Å²) >= 11 is 3.43. The van der Waals surface area contributed by atoms with Crippen molar-refractivity contribution in [3.8, 4) is 11.1 Å². The Balaban J connectivity index is 1.36. The van der Waals surface area contributed by atoms with E-state index in [9.17, 15) is 14.7 Å². The van der Waals surface area contributed by atoms with Crippen LogP contribution in [0.1, 0.15) is 42.9 Å². The number of rotatable bonds is 8. The minimum absolute atomic E-state index is 0.00592. The van der Waals surface area contributed by atoms with Crippen molar-refractivity contribution in [1.29, 1.82) is 0 Å². The third kappa shape index (κ3) is 5.17. The topological polar surface area (TPSA) is 75.6 Å². The lowest BCUT2D eigenvalue weighted by molar-refractivity contribution is -0.142. The van der Waals surface area contributed by atoms with Crippen LogP contribution in [0.4, 0.5) is 4.79 Å². The molecule has 3 aromatic carbocycles. The molecule has 0 fully saturated rings. The molecule has 4 rings (SSSR count). The summed E-state index contributed by atoms with van der Waals surface area (Å²) in [5, 5.41) is 12.4. The highest BCUT2D eigenvalue weighted by atomic mass is 79.9. The van der Waals surface area contributed by atoms with Gasteiger partial charge >= 0.3 is 12.1 Å². The van der Waals surface area contributed by atoms with Crippen molar-refractivity contribution >= 4 is 28.0 Å². The minimum Gasteiger partial charge on any atom is -0.481 e. The van der Waals surface area contributed by atoms with Crippen LogP contribution in [0.2, 0.25) is 0 Å². The number of amides is 1. The summed E-state index contributed by atoms with van der Waals surface area (Å²) in [7, 11) is 0. The highest BCUT2D eigenvalue weighted by Gasteiger charge is 2.31. The highest BCUT2D eigenvalue weighted by molar-refractivity contribution is 9.10. The molecule has 1 aliphatic rings. The lowest BCUT2D eigenvalue weighted by Gasteiger charge is -2.28. The molecule has 0 radical (unpaired) electrons. The van der Waals surface area contributed by atoms with Crippen LogP contribution in [0.5, 0.6) is 0 Å². The third-order valence-electron chi connectivity index (χ3n) is 6.57. The number of hydrogen-bond acceptors (Lipinski definition) is 3. The number of hydrogen-bond donors (Lipinski definition) is 2. The van der Waals surface area contributed by atoms with Crippen molar-refractivity contribution in [2.45, 2.75) is 31.6 Å². The number of aliphatic carboxylic acids is 1. The van der Waals surface area contributed by atoms with E-state index in [0.29, 0.717) is 6.42 Å². The van der Waals surface area contributed by atoms with Crippen LogP contribution in [0.3, 0.4) is 0 Å². The number of carboxylic acids is 1. The van der Waals surface area contributed by atoms with Gasteiger partial charge in [0, 0.05) is 16.9 Å². The molecule has 176 valence electrons. The van der Waals surface area contributed by atoms with Gasteiger partial charge in [0.25, 0.3) is 0 Å². The molecule has 0 saturated heterocycles. The number of carboxylic acid groups (broad SMARTS) is 1. The average Bonchev–Trinajstić information content (AvgIpc) is 3.14. The van der Waals surface area contributed by atoms with Gasteiger partial charge in [0.1, 0.15) is 6.61 Å². The SMILES string of the molecule is CC(C)(CC(CNC(=O)OCC1c2ccccc2-c2ccccc21)C(=O)O)c1ccc(Br)cc1. The van der Waals surface area contributed by atoms with Crippen molar-refractivity contribution in [1.82, 2.24) is 5.32 Å². The second-order valence-corrected chi connectivity index (χ2v) is 10.3. The average molecular weight is 522 g/mol. The minimum atomic E-state index is -0.941. The number of carbonyl (C=O) groups is 2. The van der Waals surface area contributed by atoms with Crippen molar-refractivity contribution < 1.29 is 19.4 Å². The Morgan fingerprint density at radius 2 is 1.53 bits per heavy atom. The fourth-order valence-electron chi connectivity index (χ4n) is 4.74. The van der Waals surface area contributed by atoms with Gasteiger partial charge in [-0.05, 0) is 51.8 Å². The van der Waals surface area contributed by atoms with Crippen LogP contribution in [0.25, 0.3) is 11.1 Å². The molecule has 1 aliphatic carbocycles. The molecule has 3 aromatic rings. The van der Waals surface area contributed by atoms with Gasteiger partial charge in [0.2, 0.25) is 0 Å². The highest BCUT2D eigenvalue weighted by Crippen LogP contribution is 2.44. The summed E-state index contributed by atoms with van der Waals surface area (Å²) in [5.41, 5.74) is 5.27. The van der Waals surface area contributed by atoms with Crippen LogP contribution in [0, 0.1) is 5.92 Å². The largest absolute Gasteiger partial charge is 0.481 e. The summed E-state index contributed by atoms with van der Waals surface area (Å²) < 4.78 is 6.52. The maximum Gasteiger partial charge on any atom is 0.407 e. The Morgan fingerprint density at radius 3 is 2.09 bits per heavy atom. The van der Waals surface area contributed by atoms with E-state index < -0.39 is 18.0 Å². The van der Waals surface area contributed by atoms with Crippen LogP contribution >= 0.6 is 15.9 Å². The molecule has 6 heteroatoms. The zero-order valence-electron chi connectivity index (χ0n) is 19.3. The van der Waals surface area contributed by atoms with Crippen molar-refractivity contribution in [3.05, 3.63) is 94.0 Å². The molecular formula is C28H28BrNO4. The van der Waals surface area contributed by atoms with Crippen LogP contribution in [-0.2, 0) is 14.9 Å². The lowest BCUT2D eigenvalue weighted by Crippen LogP contribution is -2.37. The van der Waals surface area contributed by atoms with E-state index in [-0.39, 0.29) is 24.5 Å². The molecule has 0 aromatic heterocycles. The maximum atomic E-state index is 12.5. The first-order valence-electron chi connectivity index (χ1n) is 11.3. The van der Waals surface area contributed by atoms with Crippen molar-refractivity contribution in [2.24, 2.45) is 5.92 Å². The van der Waals surface area contributed by atoms with E-state index in [4.69, 9.17) is 4.74 Å². The normalized spacial score (nSPS) is 13.6. The Kier molecular flexibility index (Phi) is 7.08. The molecule has 0 bridgehead atoms. The monoisotopic (exact) mass is 521 g/mol. The summed E-state index contributed by atoms with van der Waals surface area (Å²) in [6.07, 6.45) is -0.220. The fourth-order valence-corrected chi connectivity index (χ4v) is 5.00. The number of carbonyl (C=O) groups excluding carboxylic acids is 1. The van der Waals surface area contributed by atoms with Crippen molar-refractivity contribution in [3.63, 3.8) is 0 Å². The number of benzene rings is 3. The molecule has 1 amide bonds. The van der Waals surface area contributed by atoms with Crippen molar-refractivity contribution in [2.75, 3.05) is 13.2 Å². The molecule has 5 nitrogen and oxygen atoms in total. The standard InChI is InChI=1S/C28H28BrNO4/c1-28(2,19-11-13-20(29)14-12-19)15-18(26(31)32)16-30-27(33)34-17-25-23-9-5-3-7-21(23)22-8-4-6-10-24(22)25/h3-14,18,25H,15-17H2,1-2H3,(H,30,33)(H,31,32). The van der Waals surface area contributed by atoms with E-state index in [1.54, 1.807) is 0 Å². The fraction of sp³-hybridized carbons (Fsp3) is 0.286. The second kappa shape index (κ2) is 10.0. The van der Waals surface area contributed by atoms with Gasteiger partial charge in [-0.25, -0.2) is 4.79 Å². The number of halogens is 1. The molecule has 0 aliphatic heterocycles. The quantitative estimate of drug-likeness (QED) is 0.361. The van der Waals surface area contributed by atoms with Gasteiger partial charge in [-0.15, -0.1) is 0 Å². The number of alkyl carbamates (subject to hydrolysis) is 1. The zero-order chi connectivity index (χ0) is 24.3. The predicted octanol–water partition coefficient (Wildman–Crippen LogP) is 6.36. The summed E-state index contributed by atoms with van der Waals surface area (Å²) in [4.78, 5) is 24.4. The molecular weight excluding hydrogens is 494 g/mol. The van der Waals surface area contributed by atoms with E-state index in [2.05, 4.69) is 45.5 Å². The van der Waals surface area contributed by atoms with Gasteiger partial charge < -0.3 is 15.2 Å². The third-order valence-corrected chi connectivity index (χ3v) is 7.10. The first-order chi connectivity index (χ1) is 16.3. The predicted molar refractivity (Wildman–Crippen MR) is 136 cm³/mol. The number of ether oxygens (including phenoxy) is 1. The van der Waals surface area contributed by atoms with Gasteiger partial charge in [-0.2, -0.15) is 0 Å². The summed E-state index contributed by atoms with van der Waals surface area (Å²) in [6, 6.07) is 24.1. The van der Waals surface area contributed by atoms with Crippen LogP contribution < -0.4 is 5.32 Å². The second-order valence-electron chi connectivity index (χ2n) is 9.34. The Bertz CT molecular complexity index is 1140. The van der Waals surface area contributed by atoms with Gasteiger partial charge in [0.05, 0.1) is 5.92 Å². The molecule has 34 heavy (non-hydrogen) atoms. The van der Waals surface area contributed by atoms with Crippen LogP contribution in [0.15, 0.2) is 77.3 Å². The zero-order valence-corrected chi connectivity index (χ0v) is 20.8. The first kappa shape index (κ1) is 24.0. The molecule has 0 saturated carbocycles. The molecule has 0 spiro atoms. The smallest absolute Gasteiger partial charge is 0.407 e. The first-order valence-corrected chi connectivity index (χ1v) is 12.1. The summed E-state index contributed by atoms with van der Waals surface area (Å²) in [5.74, 6) is -1.71. The molecule has 1 atom stereocenters. The number of fused-ring (bicyclic) bond motifs is 3.